The van der Waals surface area contributed by atoms with Crippen molar-refractivity contribution < 1.29 is 8.78 Å². The highest BCUT2D eigenvalue weighted by Crippen LogP contribution is 2.25. The van der Waals surface area contributed by atoms with Crippen LogP contribution in [0.4, 0.5) is 26.2 Å². The van der Waals surface area contributed by atoms with Crippen LogP contribution in [0.3, 0.4) is 0 Å². The predicted octanol–water partition coefficient (Wildman–Crippen LogP) is 3.58. The lowest BCUT2D eigenvalue weighted by atomic mass is 10.3. The highest BCUT2D eigenvalue weighted by Gasteiger charge is 2.11. The lowest BCUT2D eigenvalue weighted by molar-refractivity contribution is 0.616. The molecule has 0 aliphatic rings. The molecule has 0 fully saturated rings. The number of hydrogen-bond acceptors (Lipinski definition) is 4. The summed E-state index contributed by atoms with van der Waals surface area (Å²) in [6.07, 6.45) is 1.01. The molecule has 19 heavy (non-hydrogen) atoms. The molecular weight excluding hydrogens is 274 g/mol. The van der Waals surface area contributed by atoms with Gasteiger partial charge in [-0.15, -0.1) is 0 Å². The Hall–Kier alpha value is -1.95. The molecule has 1 aromatic heterocycles. The molecule has 0 aliphatic carbocycles. The average Bonchev–Trinajstić information content (AvgIpc) is 2.39. The maximum Gasteiger partial charge on any atom is 0.224 e. The van der Waals surface area contributed by atoms with Crippen LogP contribution in [0.1, 0.15) is 6.92 Å². The molecule has 0 aliphatic heterocycles. The van der Waals surface area contributed by atoms with Crippen molar-refractivity contribution in [2.24, 2.45) is 0 Å². The Morgan fingerprint density at radius 1 is 1.32 bits per heavy atom. The normalized spacial score (nSPS) is 10.3. The Morgan fingerprint density at radius 2 is 2.11 bits per heavy atom. The standard InChI is InChI=1S/C12H11ClF2N4/c1-2-16-12-17-6-8(14)11(19-12)18-9-5-3-4-7(13)10(9)15/h3-6H,2H2,1H3,(H2,16,17,18,19). The van der Waals surface area contributed by atoms with Crippen molar-refractivity contribution in [2.45, 2.75) is 6.92 Å². The van der Waals surface area contributed by atoms with Gasteiger partial charge < -0.3 is 10.6 Å². The number of hydrogen-bond donors (Lipinski definition) is 2. The van der Waals surface area contributed by atoms with E-state index in [-0.39, 0.29) is 22.5 Å². The maximum absolute atomic E-state index is 13.7. The van der Waals surface area contributed by atoms with Crippen molar-refractivity contribution in [3.63, 3.8) is 0 Å². The Morgan fingerprint density at radius 3 is 2.84 bits per heavy atom. The van der Waals surface area contributed by atoms with E-state index in [1.807, 2.05) is 6.92 Å². The third-order valence-corrected chi connectivity index (χ3v) is 2.58. The van der Waals surface area contributed by atoms with Gasteiger partial charge in [-0.25, -0.2) is 13.8 Å². The van der Waals surface area contributed by atoms with Crippen LogP contribution >= 0.6 is 11.6 Å². The smallest absolute Gasteiger partial charge is 0.224 e. The van der Waals surface area contributed by atoms with Crippen molar-refractivity contribution in [3.8, 4) is 0 Å². The summed E-state index contributed by atoms with van der Waals surface area (Å²) in [5, 5.41) is 5.34. The zero-order chi connectivity index (χ0) is 13.8. The van der Waals surface area contributed by atoms with Crippen molar-refractivity contribution in [2.75, 3.05) is 17.2 Å². The highest BCUT2D eigenvalue weighted by atomic mass is 35.5. The number of aromatic nitrogens is 2. The van der Waals surface area contributed by atoms with E-state index in [0.29, 0.717) is 6.54 Å². The molecule has 1 aromatic carbocycles. The van der Waals surface area contributed by atoms with Crippen molar-refractivity contribution in [1.29, 1.82) is 0 Å². The van der Waals surface area contributed by atoms with Crippen LogP contribution in [-0.4, -0.2) is 16.5 Å². The predicted molar refractivity (Wildman–Crippen MR) is 70.8 cm³/mol. The lowest BCUT2D eigenvalue weighted by Crippen LogP contribution is -2.06. The van der Waals surface area contributed by atoms with Crippen LogP contribution in [0.25, 0.3) is 0 Å². The van der Waals surface area contributed by atoms with Crippen LogP contribution in [0.15, 0.2) is 24.4 Å². The summed E-state index contributed by atoms with van der Waals surface area (Å²) in [6.45, 7) is 2.45. The Balaban J connectivity index is 2.32. The molecule has 0 spiro atoms. The fourth-order valence-corrected chi connectivity index (χ4v) is 1.60. The Bertz CT molecular complexity index is 592. The van der Waals surface area contributed by atoms with Gasteiger partial charge in [0.1, 0.15) is 0 Å². The number of anilines is 3. The third kappa shape index (κ3) is 3.08. The molecule has 2 N–H and O–H groups in total. The minimum Gasteiger partial charge on any atom is -0.354 e. The fourth-order valence-electron chi connectivity index (χ4n) is 1.43. The van der Waals surface area contributed by atoms with Crippen LogP contribution in [-0.2, 0) is 0 Å². The summed E-state index contributed by atoms with van der Waals surface area (Å²) in [6, 6.07) is 4.40. The van der Waals surface area contributed by atoms with Crippen LogP contribution in [0.5, 0.6) is 0 Å². The monoisotopic (exact) mass is 284 g/mol. The molecule has 2 aromatic rings. The summed E-state index contributed by atoms with van der Waals surface area (Å²) in [5.74, 6) is -1.20. The molecule has 2 rings (SSSR count). The second-order valence-electron chi connectivity index (χ2n) is 3.65. The van der Waals surface area contributed by atoms with E-state index in [2.05, 4.69) is 20.6 Å². The van der Waals surface area contributed by atoms with E-state index >= 15 is 0 Å². The summed E-state index contributed by atoms with van der Waals surface area (Å²) < 4.78 is 27.2. The van der Waals surface area contributed by atoms with Crippen molar-refractivity contribution in [1.82, 2.24) is 9.97 Å². The molecule has 0 saturated carbocycles. The molecule has 100 valence electrons. The van der Waals surface area contributed by atoms with Gasteiger partial charge in [-0.1, -0.05) is 17.7 Å². The molecular formula is C12H11ClF2N4. The zero-order valence-electron chi connectivity index (χ0n) is 10.0. The van der Waals surface area contributed by atoms with Crippen LogP contribution in [0, 0.1) is 11.6 Å². The first kappa shape index (κ1) is 13.5. The van der Waals surface area contributed by atoms with Gasteiger partial charge in [0.25, 0.3) is 0 Å². The van der Waals surface area contributed by atoms with Crippen LogP contribution in [0.2, 0.25) is 5.02 Å². The average molecular weight is 285 g/mol. The first-order valence-corrected chi connectivity index (χ1v) is 5.97. The number of rotatable bonds is 4. The van der Waals surface area contributed by atoms with E-state index in [4.69, 9.17) is 11.6 Å². The van der Waals surface area contributed by atoms with Gasteiger partial charge in [0.15, 0.2) is 17.5 Å². The van der Waals surface area contributed by atoms with Gasteiger partial charge in [0.05, 0.1) is 16.9 Å². The lowest BCUT2D eigenvalue weighted by Gasteiger charge is -2.09. The second-order valence-corrected chi connectivity index (χ2v) is 4.05. The maximum atomic E-state index is 13.7. The van der Waals surface area contributed by atoms with Gasteiger partial charge in [0.2, 0.25) is 5.95 Å². The summed E-state index contributed by atoms with van der Waals surface area (Å²) in [7, 11) is 0. The minimum atomic E-state index is -0.680. The van der Waals surface area contributed by atoms with Crippen molar-refractivity contribution >= 4 is 29.1 Å². The third-order valence-electron chi connectivity index (χ3n) is 2.28. The van der Waals surface area contributed by atoms with E-state index in [9.17, 15) is 8.78 Å². The second kappa shape index (κ2) is 5.79. The first-order chi connectivity index (χ1) is 9.11. The van der Waals surface area contributed by atoms with Gasteiger partial charge in [-0.2, -0.15) is 4.98 Å². The van der Waals surface area contributed by atoms with E-state index in [0.717, 1.165) is 6.20 Å². The summed E-state index contributed by atoms with van der Waals surface area (Å²) in [4.78, 5) is 7.66. The quantitative estimate of drug-likeness (QED) is 0.901. The number of halogens is 3. The largest absolute Gasteiger partial charge is 0.354 e. The molecule has 0 amide bonds. The molecule has 0 bridgehead atoms. The van der Waals surface area contributed by atoms with Gasteiger partial charge in [-0.3, -0.25) is 0 Å². The number of nitrogens with one attached hydrogen (secondary N) is 2. The number of nitrogens with zero attached hydrogens (tertiary/aromatic N) is 2. The van der Waals surface area contributed by atoms with Crippen LogP contribution < -0.4 is 10.6 Å². The zero-order valence-corrected chi connectivity index (χ0v) is 10.8. The van der Waals surface area contributed by atoms with E-state index in [1.54, 1.807) is 6.07 Å². The summed E-state index contributed by atoms with van der Waals surface area (Å²) in [5.41, 5.74) is 0.0487. The molecule has 0 radical (unpaired) electrons. The highest BCUT2D eigenvalue weighted by molar-refractivity contribution is 6.31. The molecule has 1 heterocycles. The van der Waals surface area contributed by atoms with Gasteiger partial charge in [0, 0.05) is 6.54 Å². The SMILES string of the molecule is CCNc1ncc(F)c(Nc2cccc(Cl)c2F)n1. The minimum absolute atomic E-state index is 0.0487. The Labute approximate surface area is 113 Å². The molecule has 0 atom stereocenters. The molecule has 7 heteroatoms. The fraction of sp³-hybridized carbons (Fsp3) is 0.167. The van der Waals surface area contributed by atoms with E-state index < -0.39 is 11.6 Å². The molecule has 0 saturated heterocycles. The topological polar surface area (TPSA) is 49.8 Å². The van der Waals surface area contributed by atoms with Gasteiger partial charge >= 0.3 is 0 Å². The van der Waals surface area contributed by atoms with E-state index in [1.165, 1.54) is 12.1 Å². The first-order valence-electron chi connectivity index (χ1n) is 5.59. The van der Waals surface area contributed by atoms with Crippen molar-refractivity contribution in [3.05, 3.63) is 41.1 Å². The Kier molecular flexibility index (Phi) is 4.11. The molecule has 0 unspecified atom stereocenters. The molecule has 4 nitrogen and oxygen atoms in total. The number of benzene rings is 1. The van der Waals surface area contributed by atoms with Gasteiger partial charge in [-0.05, 0) is 19.1 Å². The summed E-state index contributed by atoms with van der Waals surface area (Å²) >= 11 is 5.65.